The SMILES string of the molecule is Cc1cc(F)ccc1NC(=O)CNC(=O)Cc1cccc(F)c1. The van der Waals surface area contributed by atoms with Gasteiger partial charge in [-0.15, -0.1) is 0 Å². The van der Waals surface area contributed by atoms with Crippen LogP contribution in [-0.4, -0.2) is 18.4 Å². The molecule has 0 aliphatic carbocycles. The third-order valence-corrected chi connectivity index (χ3v) is 3.16. The molecule has 4 nitrogen and oxygen atoms in total. The van der Waals surface area contributed by atoms with Crippen molar-refractivity contribution >= 4 is 17.5 Å². The standard InChI is InChI=1S/C17H16F2N2O2/c1-11-7-14(19)5-6-15(11)21-17(23)10-20-16(22)9-12-3-2-4-13(18)8-12/h2-8H,9-10H2,1H3,(H,20,22)(H,21,23). The molecule has 2 aromatic rings. The van der Waals surface area contributed by atoms with E-state index in [1.54, 1.807) is 13.0 Å². The van der Waals surface area contributed by atoms with Gasteiger partial charge in [0.05, 0.1) is 13.0 Å². The zero-order chi connectivity index (χ0) is 16.8. The highest BCUT2D eigenvalue weighted by Crippen LogP contribution is 2.15. The van der Waals surface area contributed by atoms with Crippen LogP contribution in [0.1, 0.15) is 11.1 Å². The van der Waals surface area contributed by atoms with Crippen LogP contribution in [0.25, 0.3) is 0 Å². The number of nitrogens with one attached hydrogen (secondary N) is 2. The van der Waals surface area contributed by atoms with Crippen LogP contribution in [0.2, 0.25) is 0 Å². The number of halogens is 2. The van der Waals surface area contributed by atoms with Crippen LogP contribution < -0.4 is 10.6 Å². The van der Waals surface area contributed by atoms with E-state index >= 15 is 0 Å². The van der Waals surface area contributed by atoms with E-state index in [0.29, 0.717) is 16.8 Å². The van der Waals surface area contributed by atoms with Gasteiger partial charge in [0, 0.05) is 5.69 Å². The van der Waals surface area contributed by atoms with Crippen LogP contribution in [0, 0.1) is 18.6 Å². The molecular formula is C17H16F2N2O2. The normalized spacial score (nSPS) is 10.2. The molecule has 0 saturated heterocycles. The van der Waals surface area contributed by atoms with Crippen molar-refractivity contribution < 1.29 is 18.4 Å². The van der Waals surface area contributed by atoms with Crippen LogP contribution in [0.3, 0.4) is 0 Å². The summed E-state index contributed by atoms with van der Waals surface area (Å²) in [6.07, 6.45) is -0.0133. The Kier molecular flexibility index (Phi) is 5.41. The van der Waals surface area contributed by atoms with Gasteiger partial charge in [-0.2, -0.15) is 0 Å². The van der Waals surface area contributed by atoms with Crippen LogP contribution in [0.5, 0.6) is 0 Å². The van der Waals surface area contributed by atoms with Gasteiger partial charge < -0.3 is 10.6 Å². The first-order valence-corrected chi connectivity index (χ1v) is 7.01. The highest BCUT2D eigenvalue weighted by Gasteiger charge is 2.09. The van der Waals surface area contributed by atoms with Crippen LogP contribution in [-0.2, 0) is 16.0 Å². The maximum Gasteiger partial charge on any atom is 0.243 e. The maximum atomic E-state index is 13.0. The average Bonchev–Trinajstić information content (AvgIpc) is 2.48. The second kappa shape index (κ2) is 7.49. The minimum Gasteiger partial charge on any atom is -0.347 e. The van der Waals surface area contributed by atoms with Gasteiger partial charge in [0.1, 0.15) is 11.6 Å². The Morgan fingerprint density at radius 2 is 1.74 bits per heavy atom. The lowest BCUT2D eigenvalue weighted by Gasteiger charge is -2.09. The first-order chi connectivity index (χ1) is 10.9. The Bertz CT molecular complexity index is 732. The third-order valence-electron chi connectivity index (χ3n) is 3.16. The summed E-state index contributed by atoms with van der Waals surface area (Å²) >= 11 is 0. The predicted octanol–water partition coefficient (Wildman–Crippen LogP) is 2.57. The molecule has 0 bridgehead atoms. The quantitative estimate of drug-likeness (QED) is 0.890. The molecule has 6 heteroatoms. The van der Waals surface area contributed by atoms with Gasteiger partial charge in [0.25, 0.3) is 0 Å². The number of rotatable bonds is 5. The zero-order valence-corrected chi connectivity index (χ0v) is 12.5. The molecule has 0 radical (unpaired) electrons. The second-order valence-electron chi connectivity index (χ2n) is 5.09. The monoisotopic (exact) mass is 318 g/mol. The Hall–Kier alpha value is -2.76. The molecule has 0 unspecified atom stereocenters. The number of carbonyl (C=O) groups is 2. The summed E-state index contributed by atoms with van der Waals surface area (Å²) in [4.78, 5) is 23.5. The molecule has 0 aliphatic heterocycles. The van der Waals surface area contributed by atoms with Crippen molar-refractivity contribution in [1.82, 2.24) is 5.32 Å². The summed E-state index contributed by atoms with van der Waals surface area (Å²) in [5.41, 5.74) is 1.59. The van der Waals surface area contributed by atoms with Crippen molar-refractivity contribution in [3.8, 4) is 0 Å². The van der Waals surface area contributed by atoms with E-state index in [-0.39, 0.29) is 24.7 Å². The van der Waals surface area contributed by atoms with E-state index in [9.17, 15) is 18.4 Å². The number of amides is 2. The minimum atomic E-state index is -0.424. The van der Waals surface area contributed by atoms with Crippen molar-refractivity contribution in [1.29, 1.82) is 0 Å². The number of carbonyl (C=O) groups excluding carboxylic acids is 2. The maximum absolute atomic E-state index is 13.0. The lowest BCUT2D eigenvalue weighted by Crippen LogP contribution is -2.33. The van der Waals surface area contributed by atoms with Crippen LogP contribution >= 0.6 is 0 Å². The van der Waals surface area contributed by atoms with Crippen molar-refractivity contribution in [2.24, 2.45) is 0 Å². The molecule has 23 heavy (non-hydrogen) atoms. The molecule has 120 valence electrons. The zero-order valence-electron chi connectivity index (χ0n) is 12.5. The molecule has 0 spiro atoms. The minimum absolute atomic E-state index is 0.0133. The first kappa shape index (κ1) is 16.6. The van der Waals surface area contributed by atoms with Crippen LogP contribution in [0.4, 0.5) is 14.5 Å². The van der Waals surface area contributed by atoms with Gasteiger partial charge in [-0.25, -0.2) is 8.78 Å². The number of hydrogen-bond acceptors (Lipinski definition) is 2. The fraction of sp³-hybridized carbons (Fsp3) is 0.176. The van der Waals surface area contributed by atoms with E-state index < -0.39 is 11.7 Å². The number of aryl methyl sites for hydroxylation is 1. The highest BCUT2D eigenvalue weighted by molar-refractivity contribution is 5.95. The average molecular weight is 318 g/mol. The fourth-order valence-electron chi connectivity index (χ4n) is 2.04. The van der Waals surface area contributed by atoms with E-state index in [1.165, 1.54) is 36.4 Å². The number of benzene rings is 2. The molecule has 0 heterocycles. The van der Waals surface area contributed by atoms with Crippen molar-refractivity contribution in [3.05, 3.63) is 65.2 Å². The van der Waals surface area contributed by atoms with E-state index in [0.717, 1.165) is 0 Å². The predicted molar refractivity (Wildman–Crippen MR) is 82.9 cm³/mol. The van der Waals surface area contributed by atoms with E-state index in [2.05, 4.69) is 10.6 Å². The molecule has 2 rings (SSSR count). The lowest BCUT2D eigenvalue weighted by molar-refractivity contribution is -0.123. The lowest BCUT2D eigenvalue weighted by atomic mass is 10.1. The van der Waals surface area contributed by atoms with Gasteiger partial charge in [0.2, 0.25) is 11.8 Å². The first-order valence-electron chi connectivity index (χ1n) is 7.01. The number of anilines is 1. The summed E-state index contributed by atoms with van der Waals surface area (Å²) in [5, 5.41) is 5.04. The Morgan fingerprint density at radius 1 is 1.00 bits per heavy atom. The molecule has 0 saturated carbocycles. The third kappa shape index (κ3) is 5.18. The second-order valence-corrected chi connectivity index (χ2v) is 5.09. The molecule has 0 atom stereocenters. The van der Waals surface area contributed by atoms with E-state index in [1.807, 2.05) is 0 Å². The fourth-order valence-corrected chi connectivity index (χ4v) is 2.04. The summed E-state index contributed by atoms with van der Waals surface area (Å²) in [5.74, 6) is -1.61. The summed E-state index contributed by atoms with van der Waals surface area (Å²) in [6, 6.07) is 9.70. The van der Waals surface area contributed by atoms with Gasteiger partial charge in [-0.1, -0.05) is 12.1 Å². The molecule has 0 fully saturated rings. The molecule has 0 aliphatic rings. The Labute approximate surface area is 132 Å². The molecule has 0 aromatic heterocycles. The smallest absolute Gasteiger partial charge is 0.243 e. The Balaban J connectivity index is 1.83. The van der Waals surface area contributed by atoms with Gasteiger partial charge in [0.15, 0.2) is 0 Å². The van der Waals surface area contributed by atoms with Crippen LogP contribution in [0.15, 0.2) is 42.5 Å². The van der Waals surface area contributed by atoms with Gasteiger partial charge in [-0.3, -0.25) is 9.59 Å². The highest BCUT2D eigenvalue weighted by atomic mass is 19.1. The summed E-state index contributed by atoms with van der Waals surface area (Å²) in [7, 11) is 0. The van der Waals surface area contributed by atoms with E-state index in [4.69, 9.17) is 0 Å². The van der Waals surface area contributed by atoms with Gasteiger partial charge in [-0.05, 0) is 48.4 Å². The molecular weight excluding hydrogens is 302 g/mol. The molecule has 2 aromatic carbocycles. The topological polar surface area (TPSA) is 58.2 Å². The van der Waals surface area contributed by atoms with Gasteiger partial charge >= 0.3 is 0 Å². The van der Waals surface area contributed by atoms with Crippen molar-refractivity contribution in [2.75, 3.05) is 11.9 Å². The van der Waals surface area contributed by atoms with Crippen molar-refractivity contribution in [2.45, 2.75) is 13.3 Å². The molecule has 2 N–H and O–H groups in total. The number of hydrogen-bond donors (Lipinski definition) is 2. The summed E-state index contributed by atoms with van der Waals surface area (Å²) < 4.78 is 26.0. The largest absolute Gasteiger partial charge is 0.347 e. The summed E-state index contributed by atoms with van der Waals surface area (Å²) in [6.45, 7) is 1.45. The molecule has 2 amide bonds. The Morgan fingerprint density at radius 3 is 2.43 bits per heavy atom. The van der Waals surface area contributed by atoms with Crippen molar-refractivity contribution in [3.63, 3.8) is 0 Å².